The minimum Gasteiger partial charge on any atom is -0.497 e. The Labute approximate surface area is 230 Å². The summed E-state index contributed by atoms with van der Waals surface area (Å²) < 4.78 is 23.5. The summed E-state index contributed by atoms with van der Waals surface area (Å²) in [4.78, 5) is 56.1. The Bertz CT molecular complexity index is 1400. The SMILES string of the molecule is COc1ccc(C(=O)COC(=O)c2ccc(N3C(=O)CC(N4CCN(c5ccc(F)cc5)CC4)C3=O)cc2)cc1. The number of hydrogen-bond acceptors (Lipinski definition) is 8. The molecule has 0 bridgehead atoms. The maximum absolute atomic E-state index is 13.2. The van der Waals surface area contributed by atoms with Gasteiger partial charge in [-0.25, -0.2) is 14.1 Å². The van der Waals surface area contributed by atoms with Gasteiger partial charge in [-0.2, -0.15) is 0 Å². The zero-order valence-corrected chi connectivity index (χ0v) is 21.9. The third-order valence-corrected chi connectivity index (χ3v) is 7.18. The van der Waals surface area contributed by atoms with Gasteiger partial charge >= 0.3 is 5.97 Å². The number of amides is 2. The van der Waals surface area contributed by atoms with Crippen molar-refractivity contribution in [3.63, 3.8) is 0 Å². The van der Waals surface area contributed by atoms with Gasteiger partial charge in [0.25, 0.3) is 5.91 Å². The molecular weight excluding hydrogens is 517 g/mol. The van der Waals surface area contributed by atoms with E-state index in [2.05, 4.69) is 4.90 Å². The Balaban J connectivity index is 1.16. The maximum Gasteiger partial charge on any atom is 0.338 e. The van der Waals surface area contributed by atoms with Crippen molar-refractivity contribution in [1.82, 2.24) is 4.90 Å². The van der Waals surface area contributed by atoms with E-state index < -0.39 is 18.6 Å². The van der Waals surface area contributed by atoms with E-state index in [1.54, 1.807) is 36.4 Å². The predicted molar refractivity (Wildman–Crippen MR) is 145 cm³/mol. The molecule has 2 saturated heterocycles. The van der Waals surface area contributed by atoms with Crippen molar-refractivity contribution >= 4 is 34.9 Å². The Hall–Kier alpha value is -4.57. The van der Waals surface area contributed by atoms with Gasteiger partial charge in [0, 0.05) is 37.4 Å². The third-order valence-electron chi connectivity index (χ3n) is 7.18. The number of Topliss-reactive ketones (excluding diaryl/α,β-unsaturated/α-hetero) is 1. The second-order valence-corrected chi connectivity index (χ2v) is 9.56. The van der Waals surface area contributed by atoms with Crippen molar-refractivity contribution in [1.29, 1.82) is 0 Å². The predicted octanol–water partition coefficient (Wildman–Crippen LogP) is 3.33. The van der Waals surface area contributed by atoms with Gasteiger partial charge in [0.1, 0.15) is 11.6 Å². The minimum atomic E-state index is -0.690. The van der Waals surface area contributed by atoms with Crippen molar-refractivity contribution in [2.24, 2.45) is 0 Å². The number of piperazine rings is 1. The fourth-order valence-corrected chi connectivity index (χ4v) is 4.94. The molecule has 1 unspecified atom stereocenters. The Morgan fingerprint density at radius 2 is 1.43 bits per heavy atom. The lowest BCUT2D eigenvalue weighted by atomic mass is 10.1. The molecule has 206 valence electrons. The Kier molecular flexibility index (Phi) is 7.88. The number of nitrogens with zero attached hydrogens (tertiary/aromatic N) is 3. The van der Waals surface area contributed by atoms with Gasteiger partial charge in [-0.15, -0.1) is 0 Å². The molecule has 0 radical (unpaired) electrons. The lowest BCUT2D eigenvalue weighted by Gasteiger charge is -2.38. The quantitative estimate of drug-likeness (QED) is 0.242. The van der Waals surface area contributed by atoms with Crippen LogP contribution >= 0.6 is 0 Å². The van der Waals surface area contributed by atoms with E-state index in [1.807, 2.05) is 4.90 Å². The van der Waals surface area contributed by atoms with Crippen LogP contribution in [0.5, 0.6) is 5.75 Å². The lowest BCUT2D eigenvalue weighted by Crippen LogP contribution is -2.52. The van der Waals surface area contributed by atoms with Gasteiger partial charge in [-0.1, -0.05) is 0 Å². The average Bonchev–Trinajstić information content (AvgIpc) is 3.29. The van der Waals surface area contributed by atoms with Crippen LogP contribution in [0.4, 0.5) is 15.8 Å². The number of methoxy groups -OCH3 is 1. The van der Waals surface area contributed by atoms with Crippen LogP contribution in [0.25, 0.3) is 0 Å². The second kappa shape index (κ2) is 11.7. The standard InChI is InChI=1S/C30H28FN3O6/c1-39-25-12-4-20(5-13-25)27(35)19-40-30(38)21-2-8-24(9-3-21)34-28(36)18-26(29(34)37)33-16-14-32(15-17-33)23-10-6-22(31)7-11-23/h2-13,26H,14-19H2,1H3. The lowest BCUT2D eigenvalue weighted by molar-refractivity contribution is -0.123. The van der Waals surface area contributed by atoms with E-state index in [0.29, 0.717) is 43.2 Å². The molecule has 3 aromatic rings. The first-order valence-corrected chi connectivity index (χ1v) is 12.9. The van der Waals surface area contributed by atoms with E-state index in [9.17, 15) is 23.6 Å². The van der Waals surface area contributed by atoms with Crippen molar-refractivity contribution in [3.8, 4) is 5.75 Å². The van der Waals surface area contributed by atoms with Gasteiger partial charge in [-0.05, 0) is 72.8 Å². The number of imide groups is 1. The maximum atomic E-state index is 13.2. The first kappa shape index (κ1) is 27.0. The number of rotatable bonds is 8. The summed E-state index contributed by atoms with van der Waals surface area (Å²) in [5, 5.41) is 0. The average molecular weight is 546 g/mol. The largest absolute Gasteiger partial charge is 0.497 e. The molecule has 2 aliphatic rings. The highest BCUT2D eigenvalue weighted by Gasteiger charge is 2.43. The van der Waals surface area contributed by atoms with Crippen molar-refractivity contribution in [2.75, 3.05) is 49.7 Å². The van der Waals surface area contributed by atoms with Crippen molar-refractivity contribution in [2.45, 2.75) is 12.5 Å². The summed E-state index contributed by atoms with van der Waals surface area (Å²) in [7, 11) is 1.53. The van der Waals surface area contributed by atoms with E-state index in [1.165, 1.54) is 43.5 Å². The molecule has 2 aliphatic heterocycles. The number of ether oxygens (including phenoxy) is 2. The van der Waals surface area contributed by atoms with Crippen LogP contribution in [-0.4, -0.2) is 74.4 Å². The zero-order valence-electron chi connectivity index (χ0n) is 21.9. The summed E-state index contributed by atoms with van der Waals surface area (Å²) in [5.41, 5.74) is 1.87. The van der Waals surface area contributed by atoms with Crippen LogP contribution in [0.15, 0.2) is 72.8 Å². The number of carbonyl (C=O) groups is 4. The number of anilines is 2. The summed E-state index contributed by atoms with van der Waals surface area (Å²) >= 11 is 0. The molecular formula is C30H28FN3O6. The summed E-state index contributed by atoms with van der Waals surface area (Å²) in [6, 6.07) is 18.2. The third kappa shape index (κ3) is 5.72. The van der Waals surface area contributed by atoms with E-state index in [4.69, 9.17) is 9.47 Å². The Morgan fingerprint density at radius 1 is 0.825 bits per heavy atom. The highest BCUT2D eigenvalue weighted by atomic mass is 19.1. The molecule has 0 saturated carbocycles. The van der Waals surface area contributed by atoms with Crippen LogP contribution in [0.3, 0.4) is 0 Å². The number of esters is 1. The molecule has 2 heterocycles. The Morgan fingerprint density at radius 3 is 2.05 bits per heavy atom. The van der Waals surface area contributed by atoms with Crippen LogP contribution in [-0.2, 0) is 14.3 Å². The van der Waals surface area contributed by atoms with E-state index in [0.717, 1.165) is 10.6 Å². The molecule has 0 spiro atoms. The normalized spacial score (nSPS) is 17.7. The summed E-state index contributed by atoms with van der Waals surface area (Å²) in [5.74, 6) is -1.34. The number of ketones is 1. The zero-order chi connectivity index (χ0) is 28.2. The highest BCUT2D eigenvalue weighted by molar-refractivity contribution is 6.22. The van der Waals surface area contributed by atoms with Crippen LogP contribution in [0.1, 0.15) is 27.1 Å². The van der Waals surface area contributed by atoms with Crippen molar-refractivity contribution in [3.05, 3.63) is 89.7 Å². The van der Waals surface area contributed by atoms with Gasteiger partial charge in [0.2, 0.25) is 5.91 Å². The van der Waals surface area contributed by atoms with Crippen LogP contribution in [0, 0.1) is 5.82 Å². The number of halogens is 1. The molecule has 0 aromatic heterocycles. The molecule has 3 aromatic carbocycles. The van der Waals surface area contributed by atoms with Gasteiger partial charge in [-0.3, -0.25) is 19.3 Å². The highest BCUT2D eigenvalue weighted by Crippen LogP contribution is 2.28. The van der Waals surface area contributed by atoms with E-state index >= 15 is 0 Å². The number of benzene rings is 3. The number of hydrogen-bond donors (Lipinski definition) is 0. The molecule has 40 heavy (non-hydrogen) atoms. The van der Waals surface area contributed by atoms with E-state index in [-0.39, 0.29) is 35.4 Å². The molecule has 2 amide bonds. The van der Waals surface area contributed by atoms with Gasteiger partial charge in [0.15, 0.2) is 12.4 Å². The van der Waals surface area contributed by atoms with Crippen molar-refractivity contribution < 1.29 is 33.0 Å². The van der Waals surface area contributed by atoms with Crippen LogP contribution < -0.4 is 14.5 Å². The van der Waals surface area contributed by atoms with Gasteiger partial charge in [0.05, 0.1) is 30.8 Å². The smallest absolute Gasteiger partial charge is 0.338 e. The second-order valence-electron chi connectivity index (χ2n) is 9.56. The van der Waals surface area contributed by atoms with Gasteiger partial charge < -0.3 is 14.4 Å². The first-order valence-electron chi connectivity index (χ1n) is 12.9. The van der Waals surface area contributed by atoms with Crippen LogP contribution in [0.2, 0.25) is 0 Å². The topological polar surface area (TPSA) is 96.5 Å². The fourth-order valence-electron chi connectivity index (χ4n) is 4.94. The summed E-state index contributed by atoms with van der Waals surface area (Å²) in [6.07, 6.45) is 0.0760. The molecule has 9 nitrogen and oxygen atoms in total. The molecule has 5 rings (SSSR count). The molecule has 1 atom stereocenters. The minimum absolute atomic E-state index is 0.0760. The molecule has 10 heteroatoms. The summed E-state index contributed by atoms with van der Waals surface area (Å²) in [6.45, 7) is 2.07. The number of carbonyl (C=O) groups excluding carboxylic acids is 4. The molecule has 0 aliphatic carbocycles. The molecule has 2 fully saturated rings. The fraction of sp³-hybridized carbons (Fsp3) is 0.267. The first-order chi connectivity index (χ1) is 19.3. The monoisotopic (exact) mass is 545 g/mol. The molecule has 0 N–H and O–H groups in total.